The van der Waals surface area contributed by atoms with E-state index in [2.05, 4.69) is 10.6 Å². The molecule has 1 aliphatic heterocycles. The van der Waals surface area contributed by atoms with Crippen molar-refractivity contribution in [1.82, 2.24) is 5.32 Å². The second-order valence-corrected chi connectivity index (χ2v) is 7.60. The fourth-order valence-corrected chi connectivity index (χ4v) is 3.20. The summed E-state index contributed by atoms with van der Waals surface area (Å²) < 4.78 is 23.0. The Morgan fingerprint density at radius 3 is 2.71 bits per heavy atom. The number of rotatable bonds is 5. The van der Waals surface area contributed by atoms with Gasteiger partial charge in [-0.25, -0.2) is 8.42 Å². The zero-order chi connectivity index (χ0) is 15.3. The first kappa shape index (κ1) is 16.0. The minimum Gasteiger partial charge on any atom is -0.326 e. The molecule has 1 fully saturated rings. The van der Waals surface area contributed by atoms with Crippen LogP contribution in [-0.4, -0.2) is 33.7 Å². The average molecular weight is 310 g/mol. The Kier molecular flexibility index (Phi) is 5.36. The maximum Gasteiger partial charge on any atom is 0.224 e. The molecule has 1 heterocycles. The quantitative estimate of drug-likeness (QED) is 0.870. The van der Waals surface area contributed by atoms with Gasteiger partial charge < -0.3 is 10.6 Å². The van der Waals surface area contributed by atoms with Gasteiger partial charge in [0.05, 0.1) is 4.90 Å². The second-order valence-electron chi connectivity index (χ2n) is 5.58. The van der Waals surface area contributed by atoms with Crippen LogP contribution in [-0.2, 0) is 14.6 Å². The van der Waals surface area contributed by atoms with Crippen LogP contribution in [0.1, 0.15) is 25.7 Å². The van der Waals surface area contributed by atoms with E-state index < -0.39 is 9.84 Å². The number of hydrogen-bond donors (Lipinski definition) is 2. The molecule has 2 N–H and O–H groups in total. The van der Waals surface area contributed by atoms with Crippen LogP contribution < -0.4 is 10.6 Å². The number of anilines is 1. The summed E-state index contributed by atoms with van der Waals surface area (Å²) in [5, 5.41) is 6.08. The number of carbonyl (C=O) groups is 1. The predicted molar refractivity (Wildman–Crippen MR) is 83.0 cm³/mol. The van der Waals surface area contributed by atoms with E-state index in [1.54, 1.807) is 12.1 Å². The van der Waals surface area contributed by atoms with Crippen molar-refractivity contribution in [2.75, 3.05) is 24.7 Å². The van der Waals surface area contributed by atoms with Gasteiger partial charge in [0.25, 0.3) is 0 Å². The largest absolute Gasteiger partial charge is 0.326 e. The summed E-state index contributed by atoms with van der Waals surface area (Å²) in [6, 6.07) is 6.37. The van der Waals surface area contributed by atoms with Crippen LogP contribution in [0.3, 0.4) is 0 Å². The summed E-state index contributed by atoms with van der Waals surface area (Å²) >= 11 is 0. The van der Waals surface area contributed by atoms with Crippen molar-refractivity contribution in [2.24, 2.45) is 5.92 Å². The normalized spacial score (nSPS) is 16.6. The number of carbonyl (C=O) groups excluding carboxylic acids is 1. The lowest BCUT2D eigenvalue weighted by atomic mass is 9.93. The molecular formula is C15H22N2O3S. The molecule has 0 radical (unpaired) electrons. The number of amides is 1. The number of piperidine rings is 1. The lowest BCUT2D eigenvalue weighted by Gasteiger charge is -2.22. The van der Waals surface area contributed by atoms with E-state index in [9.17, 15) is 13.2 Å². The van der Waals surface area contributed by atoms with Crippen molar-refractivity contribution in [2.45, 2.75) is 30.6 Å². The molecule has 116 valence electrons. The van der Waals surface area contributed by atoms with E-state index in [1.165, 1.54) is 12.1 Å². The fraction of sp³-hybridized carbons (Fsp3) is 0.533. The first-order valence-electron chi connectivity index (χ1n) is 7.26. The molecule has 0 spiro atoms. The zero-order valence-electron chi connectivity index (χ0n) is 12.3. The third kappa shape index (κ3) is 5.13. The molecule has 5 nitrogen and oxygen atoms in total. The number of nitrogens with one attached hydrogen (secondary N) is 2. The average Bonchev–Trinajstić information content (AvgIpc) is 2.46. The van der Waals surface area contributed by atoms with Gasteiger partial charge in [-0.1, -0.05) is 6.07 Å². The van der Waals surface area contributed by atoms with Gasteiger partial charge in [0.15, 0.2) is 9.84 Å². The Labute approximate surface area is 126 Å². The summed E-state index contributed by atoms with van der Waals surface area (Å²) in [4.78, 5) is 12.2. The Hall–Kier alpha value is -1.40. The van der Waals surface area contributed by atoms with Crippen molar-refractivity contribution in [1.29, 1.82) is 0 Å². The maximum atomic E-state index is 11.9. The van der Waals surface area contributed by atoms with E-state index in [0.29, 0.717) is 18.0 Å². The van der Waals surface area contributed by atoms with E-state index in [0.717, 1.165) is 38.6 Å². The Balaban J connectivity index is 1.87. The van der Waals surface area contributed by atoms with Crippen molar-refractivity contribution < 1.29 is 13.2 Å². The van der Waals surface area contributed by atoms with Crippen LogP contribution in [0.2, 0.25) is 0 Å². The standard InChI is InChI=1S/C15H22N2O3S/c1-21(19,20)14-4-2-3-13(11-14)17-15(18)6-5-12-7-9-16-10-8-12/h2-4,11-12,16H,5-10H2,1H3,(H,17,18). The third-order valence-electron chi connectivity index (χ3n) is 3.78. The SMILES string of the molecule is CS(=O)(=O)c1cccc(NC(=O)CCC2CCNCC2)c1. The highest BCUT2D eigenvalue weighted by molar-refractivity contribution is 7.90. The molecule has 21 heavy (non-hydrogen) atoms. The van der Waals surface area contributed by atoms with Gasteiger partial charge in [0.1, 0.15) is 0 Å². The Bertz CT molecular complexity index is 593. The van der Waals surface area contributed by atoms with Crippen LogP contribution in [0.15, 0.2) is 29.2 Å². The molecular weight excluding hydrogens is 288 g/mol. The number of hydrogen-bond acceptors (Lipinski definition) is 4. The highest BCUT2D eigenvalue weighted by atomic mass is 32.2. The van der Waals surface area contributed by atoms with Crippen molar-refractivity contribution in [3.8, 4) is 0 Å². The molecule has 1 aliphatic rings. The lowest BCUT2D eigenvalue weighted by molar-refractivity contribution is -0.116. The molecule has 6 heteroatoms. The second kappa shape index (κ2) is 7.04. The van der Waals surface area contributed by atoms with Gasteiger partial charge in [0.2, 0.25) is 5.91 Å². The Morgan fingerprint density at radius 1 is 1.33 bits per heavy atom. The molecule has 1 aromatic rings. The molecule has 1 amide bonds. The third-order valence-corrected chi connectivity index (χ3v) is 4.89. The molecule has 1 saturated heterocycles. The van der Waals surface area contributed by atoms with Gasteiger partial charge in [0, 0.05) is 18.4 Å². The van der Waals surface area contributed by atoms with E-state index in [4.69, 9.17) is 0 Å². The molecule has 1 aromatic carbocycles. The van der Waals surface area contributed by atoms with Gasteiger partial charge >= 0.3 is 0 Å². The fourth-order valence-electron chi connectivity index (χ4n) is 2.53. The molecule has 2 rings (SSSR count). The first-order chi connectivity index (χ1) is 9.95. The van der Waals surface area contributed by atoms with Crippen LogP contribution in [0, 0.1) is 5.92 Å². The Morgan fingerprint density at radius 2 is 2.05 bits per heavy atom. The lowest BCUT2D eigenvalue weighted by Crippen LogP contribution is -2.28. The monoisotopic (exact) mass is 310 g/mol. The van der Waals surface area contributed by atoms with Crippen LogP contribution in [0.25, 0.3) is 0 Å². The van der Waals surface area contributed by atoms with E-state index in [1.807, 2.05) is 0 Å². The van der Waals surface area contributed by atoms with Gasteiger partial charge in [-0.3, -0.25) is 4.79 Å². The maximum absolute atomic E-state index is 11.9. The summed E-state index contributed by atoms with van der Waals surface area (Å²) in [6.07, 6.45) is 4.77. The van der Waals surface area contributed by atoms with Crippen molar-refractivity contribution in [3.63, 3.8) is 0 Å². The highest BCUT2D eigenvalue weighted by Crippen LogP contribution is 2.19. The minimum atomic E-state index is -3.25. The highest BCUT2D eigenvalue weighted by Gasteiger charge is 2.15. The van der Waals surface area contributed by atoms with Crippen molar-refractivity contribution in [3.05, 3.63) is 24.3 Å². The summed E-state index contributed by atoms with van der Waals surface area (Å²) in [7, 11) is -3.25. The van der Waals surface area contributed by atoms with E-state index in [-0.39, 0.29) is 10.8 Å². The minimum absolute atomic E-state index is 0.0563. The topological polar surface area (TPSA) is 75.3 Å². The van der Waals surface area contributed by atoms with E-state index >= 15 is 0 Å². The van der Waals surface area contributed by atoms with Crippen LogP contribution in [0.5, 0.6) is 0 Å². The summed E-state index contributed by atoms with van der Waals surface area (Å²) in [6.45, 7) is 2.06. The number of benzene rings is 1. The molecule has 0 bridgehead atoms. The van der Waals surface area contributed by atoms with Gasteiger partial charge in [-0.2, -0.15) is 0 Å². The van der Waals surface area contributed by atoms with Crippen LogP contribution in [0.4, 0.5) is 5.69 Å². The van der Waals surface area contributed by atoms with Crippen LogP contribution >= 0.6 is 0 Å². The molecule has 0 aromatic heterocycles. The first-order valence-corrected chi connectivity index (χ1v) is 9.15. The smallest absolute Gasteiger partial charge is 0.224 e. The summed E-state index contributed by atoms with van der Waals surface area (Å²) in [5.41, 5.74) is 0.535. The number of sulfone groups is 1. The zero-order valence-corrected chi connectivity index (χ0v) is 13.1. The molecule has 0 atom stereocenters. The summed E-state index contributed by atoms with van der Waals surface area (Å²) in [5.74, 6) is 0.554. The molecule has 0 saturated carbocycles. The van der Waals surface area contributed by atoms with Gasteiger partial charge in [-0.05, 0) is 56.5 Å². The van der Waals surface area contributed by atoms with Gasteiger partial charge in [-0.15, -0.1) is 0 Å². The molecule has 0 unspecified atom stereocenters. The van der Waals surface area contributed by atoms with Crippen molar-refractivity contribution >= 4 is 21.4 Å². The predicted octanol–water partition coefficient (Wildman–Crippen LogP) is 1.81. The molecule has 0 aliphatic carbocycles.